The molecule has 2 aliphatic heterocycles. The van der Waals surface area contributed by atoms with Crippen LogP contribution in [0.3, 0.4) is 0 Å². The van der Waals surface area contributed by atoms with E-state index in [1.807, 2.05) is 6.07 Å². The number of amides is 2. The van der Waals surface area contributed by atoms with Gasteiger partial charge in [0.2, 0.25) is 11.8 Å². The quantitative estimate of drug-likeness (QED) is 0.173. The fourth-order valence-corrected chi connectivity index (χ4v) is 6.33. The average Bonchev–Trinajstić information content (AvgIpc) is 3.07. The fourth-order valence-electron chi connectivity index (χ4n) is 6.33. The van der Waals surface area contributed by atoms with E-state index in [2.05, 4.69) is 6.58 Å². The minimum Gasteiger partial charge on any atom is -0.362 e. The van der Waals surface area contributed by atoms with E-state index in [0.29, 0.717) is 16.8 Å². The Morgan fingerprint density at radius 2 is 1.62 bits per heavy atom. The highest BCUT2D eigenvalue weighted by molar-refractivity contribution is 6.16. The Bertz CT molecular complexity index is 1890. The van der Waals surface area contributed by atoms with Gasteiger partial charge in [-0.2, -0.15) is 18.4 Å². The summed E-state index contributed by atoms with van der Waals surface area (Å²) in [4.78, 5) is 57.9. The van der Waals surface area contributed by atoms with Crippen LogP contribution in [0.1, 0.15) is 36.5 Å². The van der Waals surface area contributed by atoms with E-state index in [0.717, 1.165) is 23.1 Å². The molecule has 0 spiro atoms. The van der Waals surface area contributed by atoms with Crippen LogP contribution in [0.2, 0.25) is 0 Å². The lowest BCUT2D eigenvalue weighted by molar-refractivity contribution is -0.384. The Morgan fingerprint density at radius 1 is 0.979 bits per heavy atom. The number of anilines is 2. The molecule has 3 aromatic rings. The molecule has 1 saturated heterocycles. The number of Topliss-reactive ketones (excluding diaryl/α,β-unsaturated/α-hetero) is 1. The van der Waals surface area contributed by atoms with E-state index in [9.17, 15) is 42.9 Å². The molecule has 2 amide bonds. The highest BCUT2D eigenvalue weighted by Crippen LogP contribution is 2.46. The summed E-state index contributed by atoms with van der Waals surface area (Å²) < 4.78 is 41.4. The number of halogens is 3. The molecule has 5 rings (SSSR count). The number of rotatable bonds is 7. The van der Waals surface area contributed by atoms with Crippen molar-refractivity contribution >= 4 is 34.7 Å². The topological polar surface area (TPSA) is 128 Å². The predicted octanol–water partition coefficient (Wildman–Crippen LogP) is 6.00. The van der Waals surface area contributed by atoms with E-state index in [1.54, 1.807) is 35.2 Å². The molecule has 2 atom stereocenters. The van der Waals surface area contributed by atoms with Crippen LogP contribution in [-0.4, -0.2) is 53.6 Å². The van der Waals surface area contributed by atoms with Gasteiger partial charge in [-0.15, -0.1) is 0 Å². The van der Waals surface area contributed by atoms with Crippen molar-refractivity contribution in [3.8, 4) is 6.07 Å². The third-order valence-corrected chi connectivity index (χ3v) is 8.50. The monoisotopic (exact) mass is 657 g/mol. The van der Waals surface area contributed by atoms with Gasteiger partial charge in [0, 0.05) is 49.4 Å². The third-order valence-electron chi connectivity index (χ3n) is 8.50. The Balaban J connectivity index is 1.63. The van der Waals surface area contributed by atoms with Crippen molar-refractivity contribution in [2.24, 2.45) is 5.92 Å². The summed E-state index contributed by atoms with van der Waals surface area (Å²) in [6.07, 6.45) is -4.74. The summed E-state index contributed by atoms with van der Waals surface area (Å²) >= 11 is 0. The Labute approximate surface area is 274 Å². The van der Waals surface area contributed by atoms with Crippen LogP contribution in [0.4, 0.5) is 30.2 Å². The molecule has 246 valence electrons. The van der Waals surface area contributed by atoms with Gasteiger partial charge in [0.25, 0.3) is 5.69 Å². The van der Waals surface area contributed by atoms with Gasteiger partial charge >= 0.3 is 6.18 Å². The molecule has 48 heavy (non-hydrogen) atoms. The zero-order chi connectivity index (χ0) is 34.9. The van der Waals surface area contributed by atoms with Crippen molar-refractivity contribution in [3.63, 3.8) is 0 Å². The first-order valence-corrected chi connectivity index (χ1v) is 14.9. The molecule has 10 nitrogen and oxygen atoms in total. The van der Waals surface area contributed by atoms with Gasteiger partial charge < -0.3 is 9.80 Å². The molecule has 0 aliphatic carbocycles. The van der Waals surface area contributed by atoms with E-state index in [1.165, 1.54) is 43.0 Å². The van der Waals surface area contributed by atoms with Crippen molar-refractivity contribution in [2.45, 2.75) is 25.9 Å². The highest BCUT2D eigenvalue weighted by atomic mass is 19.4. The molecule has 0 radical (unpaired) electrons. The smallest absolute Gasteiger partial charge is 0.362 e. The average molecular weight is 658 g/mol. The first-order chi connectivity index (χ1) is 22.7. The number of carbonyl (C=O) groups is 3. The molecule has 0 aromatic heterocycles. The molecule has 13 heteroatoms. The number of hydrogen-bond donors (Lipinski definition) is 0. The first kappa shape index (κ1) is 33.6. The Hall–Kier alpha value is -5.77. The van der Waals surface area contributed by atoms with Gasteiger partial charge in [0.1, 0.15) is 11.6 Å². The lowest BCUT2D eigenvalue weighted by atomic mass is 9.73. The zero-order valence-electron chi connectivity index (χ0n) is 26.0. The van der Waals surface area contributed by atoms with Crippen LogP contribution in [0, 0.1) is 27.4 Å². The first-order valence-electron chi connectivity index (χ1n) is 14.9. The number of ketones is 1. The summed E-state index contributed by atoms with van der Waals surface area (Å²) in [6.45, 7) is 7.26. The second-order valence-electron chi connectivity index (χ2n) is 11.6. The number of piperazine rings is 1. The summed E-state index contributed by atoms with van der Waals surface area (Å²) in [5.74, 6) is -4.76. The molecule has 1 fully saturated rings. The van der Waals surface area contributed by atoms with E-state index >= 15 is 0 Å². The van der Waals surface area contributed by atoms with E-state index < -0.39 is 46.1 Å². The van der Waals surface area contributed by atoms with Gasteiger partial charge in [0.15, 0.2) is 5.78 Å². The van der Waals surface area contributed by atoms with E-state index in [4.69, 9.17) is 0 Å². The molecular weight excluding hydrogens is 627 g/mol. The number of allylic oxidation sites excluding steroid dienone is 2. The molecule has 2 aliphatic rings. The van der Waals surface area contributed by atoms with Gasteiger partial charge in [0.05, 0.1) is 27.8 Å². The normalized spacial score (nSPS) is 18.4. The summed E-state index contributed by atoms with van der Waals surface area (Å²) in [5, 5.41) is 21.0. The SMILES string of the molecule is C=C(C)C1=C(C(C)=O)C(c2ccc(C#N)cc2)C(C(=O)N2CCN(c3ccccc3[N+](=O)[O-])CC2)C(=O)N1c1cccc(C(F)(F)F)c1. The fraction of sp³-hybridized carbons (Fsp3) is 0.257. The second kappa shape index (κ2) is 13.2. The van der Waals surface area contributed by atoms with Gasteiger partial charge in [-0.3, -0.25) is 29.4 Å². The lowest BCUT2D eigenvalue weighted by Crippen LogP contribution is -2.56. The minimum atomic E-state index is -4.74. The lowest BCUT2D eigenvalue weighted by Gasteiger charge is -2.43. The number of alkyl halides is 3. The summed E-state index contributed by atoms with van der Waals surface area (Å²) in [5.41, 5.74) is -0.0318. The van der Waals surface area contributed by atoms with Crippen LogP contribution >= 0.6 is 0 Å². The van der Waals surface area contributed by atoms with Crippen LogP contribution in [0.15, 0.2) is 96.2 Å². The van der Waals surface area contributed by atoms with Crippen molar-refractivity contribution in [2.75, 3.05) is 36.0 Å². The summed E-state index contributed by atoms with van der Waals surface area (Å²) in [6, 6.07) is 18.4. The van der Waals surface area contributed by atoms with Gasteiger partial charge in [-0.05, 0) is 61.4 Å². The Morgan fingerprint density at radius 3 is 2.19 bits per heavy atom. The van der Waals surface area contributed by atoms with E-state index in [-0.39, 0.29) is 54.4 Å². The highest BCUT2D eigenvalue weighted by Gasteiger charge is 2.50. The van der Waals surface area contributed by atoms with Crippen molar-refractivity contribution < 1.29 is 32.5 Å². The number of nitro groups is 1. The summed E-state index contributed by atoms with van der Waals surface area (Å²) in [7, 11) is 0. The number of para-hydroxylation sites is 2. The molecule has 2 heterocycles. The Kier molecular flexibility index (Phi) is 9.20. The van der Waals surface area contributed by atoms with Crippen LogP contribution in [0.5, 0.6) is 0 Å². The van der Waals surface area contributed by atoms with Gasteiger partial charge in [-0.25, -0.2) is 0 Å². The third kappa shape index (κ3) is 6.29. The number of carbonyl (C=O) groups excluding carboxylic acids is 3. The predicted molar refractivity (Wildman–Crippen MR) is 171 cm³/mol. The number of nitriles is 1. The molecule has 2 unspecified atom stereocenters. The number of hydrogen-bond acceptors (Lipinski definition) is 7. The van der Waals surface area contributed by atoms with Crippen LogP contribution < -0.4 is 9.80 Å². The van der Waals surface area contributed by atoms with Crippen molar-refractivity contribution in [1.29, 1.82) is 5.26 Å². The molecule has 0 bridgehead atoms. The van der Waals surface area contributed by atoms with Crippen LogP contribution in [-0.2, 0) is 20.6 Å². The maximum Gasteiger partial charge on any atom is 0.416 e. The second-order valence-corrected chi connectivity index (χ2v) is 11.6. The largest absolute Gasteiger partial charge is 0.416 e. The maximum absolute atomic E-state index is 14.6. The van der Waals surface area contributed by atoms with Crippen molar-refractivity contribution in [3.05, 3.63) is 123 Å². The van der Waals surface area contributed by atoms with Crippen LogP contribution in [0.25, 0.3) is 0 Å². The standard InChI is InChI=1S/C35H30F3N5O5/c1-21(2)32-29(22(3)44)30(24-13-11-23(20-39)12-14-24)31(34(46)42(32)26-8-6-7-25(19-26)35(36,37)38)33(45)41-17-15-40(16-18-41)27-9-4-5-10-28(27)43(47)48/h4-14,19,30-31H,1,15-18H2,2-3H3. The number of nitro benzene ring substituents is 1. The molecule has 3 aromatic carbocycles. The number of benzene rings is 3. The molecule has 0 saturated carbocycles. The molecular formula is C35H30F3N5O5. The van der Waals surface area contributed by atoms with Crippen molar-refractivity contribution in [1.82, 2.24) is 4.90 Å². The minimum absolute atomic E-state index is 0.00793. The molecule has 0 N–H and O–H groups in total. The zero-order valence-corrected chi connectivity index (χ0v) is 26.0. The number of nitrogens with zero attached hydrogens (tertiary/aromatic N) is 5. The van der Waals surface area contributed by atoms with Gasteiger partial charge in [-0.1, -0.05) is 36.9 Å². The maximum atomic E-state index is 14.6.